The summed E-state index contributed by atoms with van der Waals surface area (Å²) in [6, 6.07) is 14.2. The van der Waals surface area contributed by atoms with E-state index in [1.165, 1.54) is 0 Å². The maximum atomic E-state index is 4.58. The molecule has 1 N–H and O–H groups in total. The average molecular weight is 315 g/mol. The van der Waals surface area contributed by atoms with Crippen LogP contribution in [0.15, 0.2) is 48.7 Å². The minimum absolute atomic E-state index is 0.671. The van der Waals surface area contributed by atoms with E-state index >= 15 is 0 Å². The molecule has 4 aromatic rings. The summed E-state index contributed by atoms with van der Waals surface area (Å²) >= 11 is 0. The van der Waals surface area contributed by atoms with Gasteiger partial charge in [-0.15, -0.1) is 5.10 Å². The Morgan fingerprint density at radius 3 is 2.58 bits per heavy atom. The van der Waals surface area contributed by atoms with Crippen LogP contribution in [0, 0.1) is 13.8 Å². The smallest absolute Gasteiger partial charge is 0.175 e. The summed E-state index contributed by atoms with van der Waals surface area (Å²) in [7, 11) is 0. The van der Waals surface area contributed by atoms with E-state index in [-0.39, 0.29) is 0 Å². The Kier molecular flexibility index (Phi) is 3.46. The number of benzene rings is 1. The second kappa shape index (κ2) is 5.77. The maximum absolute atomic E-state index is 4.58. The molecule has 0 spiro atoms. The van der Waals surface area contributed by atoms with Crippen molar-refractivity contribution in [1.29, 1.82) is 0 Å². The van der Waals surface area contributed by atoms with Gasteiger partial charge in [-0.05, 0) is 37.6 Å². The highest BCUT2D eigenvalue weighted by Gasteiger charge is 2.06. The van der Waals surface area contributed by atoms with Gasteiger partial charge in [0.2, 0.25) is 0 Å². The van der Waals surface area contributed by atoms with Gasteiger partial charge in [0, 0.05) is 17.5 Å². The molecule has 24 heavy (non-hydrogen) atoms. The van der Waals surface area contributed by atoms with E-state index < -0.39 is 0 Å². The van der Waals surface area contributed by atoms with Crippen molar-refractivity contribution >= 4 is 17.8 Å². The highest BCUT2D eigenvalue weighted by Crippen LogP contribution is 2.17. The number of aromatic amines is 1. The number of hydrogen-bond acceptors (Lipinski definition) is 3. The summed E-state index contributed by atoms with van der Waals surface area (Å²) < 4.78 is 1.87. The van der Waals surface area contributed by atoms with E-state index in [4.69, 9.17) is 0 Å². The first-order valence-corrected chi connectivity index (χ1v) is 7.82. The topological polar surface area (TPSA) is 58.9 Å². The van der Waals surface area contributed by atoms with Gasteiger partial charge in [-0.25, -0.2) is 14.5 Å². The molecule has 0 aliphatic carbocycles. The van der Waals surface area contributed by atoms with Gasteiger partial charge in [-0.3, -0.25) is 0 Å². The van der Waals surface area contributed by atoms with Crippen molar-refractivity contribution in [3.63, 3.8) is 0 Å². The molecule has 0 saturated carbocycles. The Labute approximate surface area is 139 Å². The lowest BCUT2D eigenvalue weighted by Crippen LogP contribution is -1.94. The third-order valence-corrected chi connectivity index (χ3v) is 3.94. The van der Waals surface area contributed by atoms with E-state index in [0.29, 0.717) is 5.82 Å². The molecular formula is C19H17N5. The Bertz CT molecular complexity index is 986. The second-order valence-electron chi connectivity index (χ2n) is 5.73. The summed E-state index contributed by atoms with van der Waals surface area (Å²) in [6.07, 6.45) is 5.67. The third-order valence-electron chi connectivity index (χ3n) is 3.94. The quantitative estimate of drug-likeness (QED) is 0.623. The van der Waals surface area contributed by atoms with Crippen molar-refractivity contribution in [3.05, 3.63) is 71.6 Å². The van der Waals surface area contributed by atoms with Crippen LogP contribution in [-0.4, -0.2) is 24.6 Å². The number of hydrogen-bond donors (Lipinski definition) is 1. The summed E-state index contributed by atoms with van der Waals surface area (Å²) in [5.41, 5.74) is 5.07. The number of nitrogens with one attached hydrogen (secondary N) is 1. The zero-order chi connectivity index (χ0) is 16.5. The first-order valence-electron chi connectivity index (χ1n) is 7.82. The Morgan fingerprint density at radius 1 is 0.958 bits per heavy atom. The highest BCUT2D eigenvalue weighted by atomic mass is 15.3. The van der Waals surface area contributed by atoms with Crippen LogP contribution in [0.25, 0.3) is 29.1 Å². The monoisotopic (exact) mass is 315 g/mol. The summed E-state index contributed by atoms with van der Waals surface area (Å²) in [5, 5.41) is 4.53. The molecule has 3 heterocycles. The van der Waals surface area contributed by atoms with Crippen LogP contribution >= 0.6 is 0 Å². The second-order valence-corrected chi connectivity index (χ2v) is 5.73. The molecule has 0 radical (unpaired) electrons. The Balaban J connectivity index is 1.63. The van der Waals surface area contributed by atoms with Gasteiger partial charge < -0.3 is 4.98 Å². The summed E-state index contributed by atoms with van der Waals surface area (Å²) in [4.78, 5) is 12.3. The van der Waals surface area contributed by atoms with Gasteiger partial charge >= 0.3 is 0 Å². The lowest BCUT2D eigenvalue weighted by molar-refractivity contribution is 0.905. The molecule has 3 aromatic heterocycles. The molecule has 5 nitrogen and oxygen atoms in total. The molecule has 118 valence electrons. The molecule has 0 aliphatic rings. The lowest BCUT2D eigenvalue weighted by atomic mass is 10.2. The van der Waals surface area contributed by atoms with Gasteiger partial charge in [0.1, 0.15) is 5.82 Å². The fraction of sp³-hybridized carbons (Fsp3) is 0.105. The standard InChI is InChI=1S/C19H17N5/c1-13-8-9-14(2)24-19(13)22-18(23-24)11-10-17-20-12-16(21-17)15-6-4-3-5-7-15/h3-12H,1-2H3,(H,20,21). The molecule has 1 aromatic carbocycles. The number of aromatic nitrogens is 5. The predicted molar refractivity (Wildman–Crippen MR) is 95.4 cm³/mol. The maximum Gasteiger partial charge on any atom is 0.175 e. The first-order chi connectivity index (χ1) is 11.7. The normalized spacial score (nSPS) is 11.6. The number of imidazole rings is 1. The number of pyridine rings is 1. The number of aryl methyl sites for hydroxylation is 2. The summed E-state index contributed by atoms with van der Waals surface area (Å²) in [5.74, 6) is 1.45. The van der Waals surface area contributed by atoms with Gasteiger partial charge in [-0.1, -0.05) is 36.4 Å². The van der Waals surface area contributed by atoms with Crippen LogP contribution in [0.1, 0.15) is 22.9 Å². The van der Waals surface area contributed by atoms with Crippen LogP contribution in [0.5, 0.6) is 0 Å². The van der Waals surface area contributed by atoms with Gasteiger partial charge in [0.15, 0.2) is 11.5 Å². The minimum atomic E-state index is 0.671. The zero-order valence-corrected chi connectivity index (χ0v) is 13.6. The average Bonchev–Trinajstić information content (AvgIpc) is 3.25. The van der Waals surface area contributed by atoms with Crippen LogP contribution < -0.4 is 0 Å². The van der Waals surface area contributed by atoms with Gasteiger partial charge in [0.05, 0.1) is 5.69 Å². The minimum Gasteiger partial charge on any atom is -0.344 e. The fourth-order valence-corrected chi connectivity index (χ4v) is 2.62. The number of H-pyrrole nitrogens is 1. The van der Waals surface area contributed by atoms with Crippen LogP contribution in [-0.2, 0) is 0 Å². The largest absolute Gasteiger partial charge is 0.344 e. The van der Waals surface area contributed by atoms with Crippen molar-refractivity contribution in [2.75, 3.05) is 0 Å². The fourth-order valence-electron chi connectivity index (χ4n) is 2.62. The molecule has 0 aliphatic heterocycles. The van der Waals surface area contributed by atoms with Crippen molar-refractivity contribution in [2.45, 2.75) is 13.8 Å². The van der Waals surface area contributed by atoms with Gasteiger partial charge in [0.25, 0.3) is 0 Å². The van der Waals surface area contributed by atoms with E-state index in [1.807, 2.05) is 73.1 Å². The molecule has 0 amide bonds. The van der Waals surface area contributed by atoms with Crippen LogP contribution in [0.2, 0.25) is 0 Å². The van der Waals surface area contributed by atoms with Crippen LogP contribution in [0.3, 0.4) is 0 Å². The van der Waals surface area contributed by atoms with Crippen molar-refractivity contribution < 1.29 is 0 Å². The zero-order valence-electron chi connectivity index (χ0n) is 13.6. The summed E-state index contributed by atoms with van der Waals surface area (Å²) in [6.45, 7) is 4.06. The molecule has 0 bridgehead atoms. The van der Waals surface area contributed by atoms with E-state index in [1.54, 1.807) is 0 Å². The number of rotatable bonds is 3. The molecule has 0 unspecified atom stereocenters. The van der Waals surface area contributed by atoms with Gasteiger partial charge in [-0.2, -0.15) is 0 Å². The highest BCUT2D eigenvalue weighted by molar-refractivity contribution is 5.67. The van der Waals surface area contributed by atoms with E-state index in [2.05, 4.69) is 26.1 Å². The molecule has 0 fully saturated rings. The molecule has 0 saturated heterocycles. The lowest BCUT2D eigenvalue weighted by Gasteiger charge is -1.98. The first kappa shape index (κ1) is 14.4. The van der Waals surface area contributed by atoms with Crippen molar-refractivity contribution in [3.8, 4) is 11.3 Å². The van der Waals surface area contributed by atoms with E-state index in [0.717, 1.165) is 34.0 Å². The van der Waals surface area contributed by atoms with E-state index in [9.17, 15) is 0 Å². The Hall–Kier alpha value is -3.21. The van der Waals surface area contributed by atoms with Crippen molar-refractivity contribution in [1.82, 2.24) is 24.6 Å². The molecule has 4 rings (SSSR count). The van der Waals surface area contributed by atoms with Crippen LogP contribution in [0.4, 0.5) is 0 Å². The van der Waals surface area contributed by atoms with Crippen molar-refractivity contribution in [2.24, 2.45) is 0 Å². The Morgan fingerprint density at radius 2 is 1.79 bits per heavy atom. The molecular weight excluding hydrogens is 298 g/mol. The predicted octanol–water partition coefficient (Wildman–Crippen LogP) is 3.91. The molecule has 0 atom stereocenters. The SMILES string of the molecule is Cc1ccc(C)n2nc(C=Cc3nc(-c4ccccc4)c[nH]3)nc12. The third kappa shape index (κ3) is 2.60. The molecule has 5 heteroatoms. The number of nitrogens with zero attached hydrogens (tertiary/aromatic N) is 4. The number of fused-ring (bicyclic) bond motifs is 1.